The summed E-state index contributed by atoms with van der Waals surface area (Å²) in [7, 11) is 2.95. The van der Waals surface area contributed by atoms with E-state index in [-0.39, 0.29) is 29.5 Å². The number of anilines is 3. The molecule has 1 saturated carbocycles. The van der Waals surface area contributed by atoms with Crippen molar-refractivity contribution in [2.45, 2.75) is 25.0 Å². The highest BCUT2D eigenvalue weighted by Gasteiger charge is 2.28. The molecule has 204 valence electrons. The summed E-state index contributed by atoms with van der Waals surface area (Å²) in [6.07, 6.45) is 4.53. The van der Waals surface area contributed by atoms with E-state index >= 15 is 0 Å². The monoisotopic (exact) mass is 555 g/mol. The molecule has 10 nitrogen and oxygen atoms in total. The molecule has 2 heterocycles. The molecular weight excluding hydrogens is 529 g/mol. The lowest BCUT2D eigenvalue weighted by molar-refractivity contribution is -0.189. The average Bonchev–Trinajstić information content (AvgIpc) is 3.75. The summed E-state index contributed by atoms with van der Waals surface area (Å²) >= 11 is 5.96. The molecule has 1 atom stereocenters. The van der Waals surface area contributed by atoms with Crippen molar-refractivity contribution in [3.63, 3.8) is 0 Å². The van der Waals surface area contributed by atoms with Gasteiger partial charge in [-0.2, -0.15) is 9.97 Å². The van der Waals surface area contributed by atoms with E-state index < -0.39 is 12.1 Å². The average molecular weight is 556 g/mol. The number of halogens is 2. The third-order valence-electron chi connectivity index (χ3n) is 6.41. The van der Waals surface area contributed by atoms with Gasteiger partial charge in [0.25, 0.3) is 0 Å². The van der Waals surface area contributed by atoms with E-state index in [9.17, 15) is 14.0 Å². The Hall–Kier alpha value is -3.80. The zero-order chi connectivity index (χ0) is 27.5. The molecule has 0 radical (unpaired) electrons. The number of fused-ring (bicyclic) bond motifs is 1. The van der Waals surface area contributed by atoms with Crippen molar-refractivity contribution in [1.29, 1.82) is 0 Å². The molecule has 1 aromatic heterocycles. The van der Waals surface area contributed by atoms with Gasteiger partial charge < -0.3 is 24.8 Å². The van der Waals surface area contributed by atoms with Crippen molar-refractivity contribution in [3.8, 4) is 6.01 Å². The maximum Gasteiger partial charge on any atom is 0.322 e. The molecule has 2 N–H and O–H groups in total. The summed E-state index contributed by atoms with van der Waals surface area (Å²) in [6.45, 7) is 0.932. The van der Waals surface area contributed by atoms with Gasteiger partial charge in [-0.1, -0.05) is 17.7 Å². The van der Waals surface area contributed by atoms with Crippen LogP contribution in [0.5, 0.6) is 6.01 Å². The fraction of sp³-hybridized carbons (Fsp3) is 0.333. The van der Waals surface area contributed by atoms with Crippen molar-refractivity contribution in [1.82, 2.24) is 14.9 Å². The minimum Gasteiger partial charge on any atom is -0.467 e. The number of rotatable bonds is 9. The summed E-state index contributed by atoms with van der Waals surface area (Å²) in [5.74, 6) is -0.487. The molecule has 1 aliphatic heterocycles. The van der Waals surface area contributed by atoms with Gasteiger partial charge in [-0.15, -0.1) is 0 Å². The Morgan fingerprint density at radius 1 is 1.26 bits per heavy atom. The summed E-state index contributed by atoms with van der Waals surface area (Å²) in [6, 6.07) is 8.19. The van der Waals surface area contributed by atoms with Crippen molar-refractivity contribution in [2.75, 3.05) is 44.5 Å². The topological polar surface area (TPSA) is 115 Å². The van der Waals surface area contributed by atoms with Gasteiger partial charge in [0.05, 0.1) is 30.7 Å². The number of hydrogen-bond acceptors (Lipinski definition) is 9. The van der Waals surface area contributed by atoms with Crippen LogP contribution in [0.4, 0.5) is 21.6 Å². The zero-order valence-electron chi connectivity index (χ0n) is 21.4. The third kappa shape index (κ3) is 6.44. The molecule has 12 heteroatoms. The standard InChI is InChI=1S/C27H27ClFN5O5/c1-37-25-14-34(13-24(36)39-25)9-3-4-23(35)31-21-12-18-22(11-17(21)15-5-6-15)32-27(38-2)33-26(18)30-16-7-8-20(29)19(28)10-16/h3-4,7-8,10-12,15,25H,5-6,9,13-14H2,1-2H3,(H,31,35)(H,30,32,33)/t25-/m1/s1. The highest BCUT2D eigenvalue weighted by molar-refractivity contribution is 6.31. The van der Waals surface area contributed by atoms with Crippen LogP contribution in [0.1, 0.15) is 24.3 Å². The fourth-order valence-corrected chi connectivity index (χ4v) is 4.51. The van der Waals surface area contributed by atoms with Gasteiger partial charge in [0.15, 0.2) is 0 Å². The fourth-order valence-electron chi connectivity index (χ4n) is 4.33. The lowest BCUT2D eigenvalue weighted by Crippen LogP contribution is -2.46. The Bertz CT molecular complexity index is 1450. The predicted molar refractivity (Wildman–Crippen MR) is 144 cm³/mol. The van der Waals surface area contributed by atoms with Crippen LogP contribution in [0.3, 0.4) is 0 Å². The Balaban J connectivity index is 1.39. The molecule has 5 rings (SSSR count). The highest BCUT2D eigenvalue weighted by atomic mass is 35.5. The molecule has 2 fully saturated rings. The number of ether oxygens (including phenoxy) is 3. The van der Waals surface area contributed by atoms with Gasteiger partial charge in [0.1, 0.15) is 11.6 Å². The number of benzene rings is 2. The van der Waals surface area contributed by atoms with E-state index in [1.54, 1.807) is 12.1 Å². The maximum absolute atomic E-state index is 13.7. The van der Waals surface area contributed by atoms with E-state index in [4.69, 9.17) is 25.8 Å². The van der Waals surface area contributed by atoms with Crippen molar-refractivity contribution in [2.24, 2.45) is 0 Å². The zero-order valence-corrected chi connectivity index (χ0v) is 22.1. The Kier molecular flexibility index (Phi) is 7.92. The van der Waals surface area contributed by atoms with E-state index in [2.05, 4.69) is 20.6 Å². The number of hydrogen-bond donors (Lipinski definition) is 2. The molecule has 1 amide bonds. The second-order valence-corrected chi connectivity index (χ2v) is 9.69. The van der Waals surface area contributed by atoms with E-state index in [1.807, 2.05) is 17.0 Å². The Morgan fingerprint density at radius 3 is 2.79 bits per heavy atom. The third-order valence-corrected chi connectivity index (χ3v) is 6.69. The second kappa shape index (κ2) is 11.5. The normalized spacial score (nSPS) is 17.8. The summed E-state index contributed by atoms with van der Waals surface area (Å²) < 4.78 is 29.2. The Labute approximate surface area is 229 Å². The number of carbonyl (C=O) groups is 2. The molecule has 1 saturated heterocycles. The van der Waals surface area contributed by atoms with Crippen LogP contribution >= 0.6 is 11.6 Å². The van der Waals surface area contributed by atoms with Crippen LogP contribution in [0, 0.1) is 5.82 Å². The van der Waals surface area contributed by atoms with Crippen LogP contribution in [0.15, 0.2) is 42.5 Å². The van der Waals surface area contributed by atoms with Crippen molar-refractivity contribution < 1.29 is 28.2 Å². The highest BCUT2D eigenvalue weighted by Crippen LogP contribution is 2.45. The number of aromatic nitrogens is 2. The lowest BCUT2D eigenvalue weighted by atomic mass is 10.0. The molecule has 39 heavy (non-hydrogen) atoms. The first-order chi connectivity index (χ1) is 18.8. The number of nitrogens with one attached hydrogen (secondary N) is 2. The summed E-state index contributed by atoms with van der Waals surface area (Å²) in [5, 5.41) is 6.74. The molecule has 0 spiro atoms. The lowest BCUT2D eigenvalue weighted by Gasteiger charge is -2.29. The molecule has 1 aliphatic carbocycles. The van der Waals surface area contributed by atoms with Gasteiger partial charge in [-0.3, -0.25) is 14.5 Å². The van der Waals surface area contributed by atoms with Crippen LogP contribution in [-0.2, 0) is 19.1 Å². The summed E-state index contributed by atoms with van der Waals surface area (Å²) in [4.78, 5) is 35.4. The number of cyclic esters (lactones) is 1. The minimum absolute atomic E-state index is 0.0275. The number of esters is 1. The largest absolute Gasteiger partial charge is 0.467 e. The number of carbonyl (C=O) groups excluding carboxylic acids is 2. The van der Waals surface area contributed by atoms with Crippen LogP contribution in [0.2, 0.25) is 5.02 Å². The number of amides is 1. The molecular formula is C27H27ClFN5O5. The van der Waals surface area contributed by atoms with Gasteiger partial charge >= 0.3 is 12.0 Å². The maximum atomic E-state index is 13.7. The number of nitrogens with zero attached hydrogens (tertiary/aromatic N) is 3. The molecule has 0 unspecified atom stereocenters. The quantitative estimate of drug-likeness (QED) is 0.293. The first-order valence-corrected chi connectivity index (χ1v) is 12.7. The van der Waals surface area contributed by atoms with Crippen molar-refractivity contribution in [3.05, 3.63) is 58.9 Å². The number of morpholine rings is 1. The van der Waals surface area contributed by atoms with Gasteiger partial charge in [-0.05, 0) is 54.7 Å². The molecule has 3 aromatic rings. The van der Waals surface area contributed by atoms with E-state index in [0.717, 1.165) is 18.4 Å². The molecule has 2 aliphatic rings. The predicted octanol–water partition coefficient (Wildman–Crippen LogP) is 4.38. The minimum atomic E-state index is -0.623. The van der Waals surface area contributed by atoms with Gasteiger partial charge in [0, 0.05) is 36.5 Å². The Morgan fingerprint density at radius 2 is 2.08 bits per heavy atom. The second-order valence-electron chi connectivity index (χ2n) is 9.28. The van der Waals surface area contributed by atoms with E-state index in [1.165, 1.54) is 32.4 Å². The number of methoxy groups -OCH3 is 2. The summed E-state index contributed by atoms with van der Waals surface area (Å²) in [5.41, 5.74) is 2.79. The van der Waals surface area contributed by atoms with Gasteiger partial charge in [-0.25, -0.2) is 4.39 Å². The molecule has 0 bridgehead atoms. The van der Waals surface area contributed by atoms with Crippen molar-refractivity contribution >= 4 is 51.6 Å². The first kappa shape index (κ1) is 26.8. The first-order valence-electron chi connectivity index (χ1n) is 12.4. The van der Waals surface area contributed by atoms with Crippen LogP contribution in [0.25, 0.3) is 10.9 Å². The van der Waals surface area contributed by atoms with Gasteiger partial charge in [0.2, 0.25) is 12.2 Å². The SMILES string of the molecule is COc1nc(Nc2ccc(F)c(Cl)c2)c2cc(NC(=O)C=CCN3CC(=O)O[C@@H](OC)C3)c(C3CC3)cc2n1. The van der Waals surface area contributed by atoms with Crippen LogP contribution in [-0.4, -0.2) is 66.9 Å². The molecule has 2 aromatic carbocycles. The smallest absolute Gasteiger partial charge is 0.322 e. The van der Waals surface area contributed by atoms with E-state index in [0.29, 0.717) is 47.1 Å². The van der Waals surface area contributed by atoms with Crippen LogP contribution < -0.4 is 15.4 Å².